The van der Waals surface area contributed by atoms with E-state index in [-0.39, 0.29) is 12.6 Å². The van der Waals surface area contributed by atoms with Crippen LogP contribution in [0.5, 0.6) is 0 Å². The van der Waals surface area contributed by atoms with Crippen LogP contribution in [0, 0.1) is 0 Å². The van der Waals surface area contributed by atoms with E-state index in [9.17, 15) is 13.5 Å². The lowest BCUT2D eigenvalue weighted by atomic mass is 10.1. The summed E-state index contributed by atoms with van der Waals surface area (Å²) in [5.41, 5.74) is 2.09. The zero-order valence-electron chi connectivity index (χ0n) is 12.1. The largest absolute Gasteiger partial charge is 0.395 e. The minimum atomic E-state index is -3.52. The normalized spacial score (nSPS) is 23.4. The summed E-state index contributed by atoms with van der Waals surface area (Å²) in [6.07, 6.45) is 4.47. The van der Waals surface area contributed by atoms with E-state index in [1.807, 2.05) is 6.07 Å². The maximum Gasteiger partial charge on any atom is 0.243 e. The second-order valence-electron chi connectivity index (χ2n) is 5.80. The Hall–Kier alpha value is -1.11. The van der Waals surface area contributed by atoms with Gasteiger partial charge in [0.25, 0.3) is 0 Å². The SMILES string of the molecule is O=S(=O)(c1ccc2c(c1)CCN2)N1CCCCCC1CO. The highest BCUT2D eigenvalue weighted by atomic mass is 32.2. The van der Waals surface area contributed by atoms with Gasteiger partial charge in [0, 0.05) is 24.8 Å². The Morgan fingerprint density at radius 3 is 2.95 bits per heavy atom. The molecule has 0 amide bonds. The van der Waals surface area contributed by atoms with Gasteiger partial charge in [-0.05, 0) is 43.0 Å². The Labute approximate surface area is 126 Å². The van der Waals surface area contributed by atoms with Gasteiger partial charge in [0.15, 0.2) is 0 Å². The molecule has 0 bridgehead atoms. The van der Waals surface area contributed by atoms with Crippen molar-refractivity contribution in [1.82, 2.24) is 4.31 Å². The molecule has 0 radical (unpaired) electrons. The predicted molar refractivity (Wildman–Crippen MR) is 81.9 cm³/mol. The van der Waals surface area contributed by atoms with Crippen LogP contribution in [-0.2, 0) is 16.4 Å². The predicted octanol–water partition coefficient (Wildman–Crippen LogP) is 1.58. The Balaban J connectivity index is 1.94. The van der Waals surface area contributed by atoms with Crippen LogP contribution in [-0.4, -0.2) is 43.6 Å². The molecule has 0 saturated carbocycles. The standard InChI is InChI=1S/C15H22N2O3S/c18-11-13-4-2-1-3-9-17(13)21(19,20)14-5-6-15-12(10-14)7-8-16-15/h5-6,10,13,16,18H,1-4,7-9,11H2. The monoisotopic (exact) mass is 310 g/mol. The molecule has 6 heteroatoms. The van der Waals surface area contributed by atoms with Crippen molar-refractivity contribution in [1.29, 1.82) is 0 Å². The van der Waals surface area contributed by atoms with E-state index < -0.39 is 10.0 Å². The Morgan fingerprint density at radius 1 is 1.29 bits per heavy atom. The number of nitrogens with one attached hydrogen (secondary N) is 1. The van der Waals surface area contributed by atoms with Crippen LogP contribution >= 0.6 is 0 Å². The Bertz CT molecular complexity index is 615. The van der Waals surface area contributed by atoms with Gasteiger partial charge in [0.2, 0.25) is 10.0 Å². The zero-order valence-corrected chi connectivity index (χ0v) is 12.9. The molecule has 1 saturated heterocycles. The quantitative estimate of drug-likeness (QED) is 0.889. The topological polar surface area (TPSA) is 69.6 Å². The summed E-state index contributed by atoms with van der Waals surface area (Å²) in [6.45, 7) is 1.26. The summed E-state index contributed by atoms with van der Waals surface area (Å²) in [7, 11) is -3.52. The fourth-order valence-electron chi connectivity index (χ4n) is 3.23. The van der Waals surface area contributed by atoms with Crippen LogP contribution in [0.4, 0.5) is 5.69 Å². The van der Waals surface area contributed by atoms with Crippen LogP contribution in [0.15, 0.2) is 23.1 Å². The smallest absolute Gasteiger partial charge is 0.243 e. The van der Waals surface area contributed by atoms with Gasteiger partial charge >= 0.3 is 0 Å². The molecule has 1 aromatic rings. The summed E-state index contributed by atoms with van der Waals surface area (Å²) in [6, 6.07) is 5.01. The lowest BCUT2D eigenvalue weighted by Gasteiger charge is -2.27. The molecule has 116 valence electrons. The number of aliphatic hydroxyl groups excluding tert-OH is 1. The first kappa shape index (κ1) is 14.8. The van der Waals surface area contributed by atoms with Gasteiger partial charge < -0.3 is 10.4 Å². The van der Waals surface area contributed by atoms with E-state index in [0.29, 0.717) is 11.4 Å². The first-order valence-corrected chi connectivity index (χ1v) is 9.06. The molecule has 0 aliphatic carbocycles. The summed E-state index contributed by atoms with van der Waals surface area (Å²) >= 11 is 0. The molecule has 1 aromatic carbocycles. The number of sulfonamides is 1. The lowest BCUT2D eigenvalue weighted by Crippen LogP contribution is -2.42. The number of aliphatic hydroxyl groups is 1. The molecule has 21 heavy (non-hydrogen) atoms. The number of benzene rings is 1. The molecular formula is C15H22N2O3S. The van der Waals surface area contributed by atoms with E-state index >= 15 is 0 Å². The molecule has 0 spiro atoms. The first-order valence-electron chi connectivity index (χ1n) is 7.62. The van der Waals surface area contributed by atoms with Gasteiger partial charge in [-0.15, -0.1) is 0 Å². The van der Waals surface area contributed by atoms with Crippen molar-refractivity contribution < 1.29 is 13.5 Å². The molecule has 2 N–H and O–H groups in total. The molecule has 2 aliphatic rings. The summed E-state index contributed by atoms with van der Waals surface area (Å²) in [4.78, 5) is 0.352. The van der Waals surface area contributed by atoms with E-state index in [0.717, 1.165) is 49.9 Å². The molecule has 3 rings (SSSR count). The zero-order chi connectivity index (χ0) is 14.9. The van der Waals surface area contributed by atoms with Crippen LogP contribution in [0.2, 0.25) is 0 Å². The van der Waals surface area contributed by atoms with Gasteiger partial charge in [-0.1, -0.05) is 12.8 Å². The maximum absolute atomic E-state index is 12.9. The van der Waals surface area contributed by atoms with Gasteiger partial charge in [-0.2, -0.15) is 4.31 Å². The van der Waals surface area contributed by atoms with E-state index in [1.54, 1.807) is 12.1 Å². The third-order valence-corrected chi connectivity index (χ3v) is 6.37. The minimum Gasteiger partial charge on any atom is -0.395 e. The molecule has 2 aliphatic heterocycles. The van der Waals surface area contributed by atoms with Crippen molar-refractivity contribution in [3.05, 3.63) is 23.8 Å². The number of rotatable bonds is 3. The van der Waals surface area contributed by atoms with Crippen LogP contribution < -0.4 is 5.32 Å². The lowest BCUT2D eigenvalue weighted by molar-refractivity contribution is 0.186. The fraction of sp³-hybridized carbons (Fsp3) is 0.600. The van der Waals surface area contributed by atoms with Crippen molar-refractivity contribution in [3.8, 4) is 0 Å². The van der Waals surface area contributed by atoms with Crippen molar-refractivity contribution in [2.45, 2.75) is 43.0 Å². The number of anilines is 1. The average molecular weight is 310 g/mol. The van der Waals surface area contributed by atoms with Crippen molar-refractivity contribution >= 4 is 15.7 Å². The minimum absolute atomic E-state index is 0.105. The summed E-state index contributed by atoms with van der Waals surface area (Å²) in [5.74, 6) is 0. The van der Waals surface area contributed by atoms with E-state index in [4.69, 9.17) is 0 Å². The second-order valence-corrected chi connectivity index (χ2v) is 7.69. The third kappa shape index (κ3) is 2.80. The summed E-state index contributed by atoms with van der Waals surface area (Å²) < 4.78 is 27.3. The molecule has 1 fully saturated rings. The average Bonchev–Trinajstić information content (AvgIpc) is 2.81. The maximum atomic E-state index is 12.9. The Kier molecular flexibility index (Phi) is 4.19. The number of fused-ring (bicyclic) bond motifs is 1. The van der Waals surface area contributed by atoms with Crippen molar-refractivity contribution in [2.75, 3.05) is 25.0 Å². The highest BCUT2D eigenvalue weighted by Crippen LogP contribution is 2.29. The summed E-state index contributed by atoms with van der Waals surface area (Å²) in [5, 5.41) is 12.8. The molecule has 1 unspecified atom stereocenters. The van der Waals surface area contributed by atoms with Crippen LogP contribution in [0.1, 0.15) is 31.2 Å². The number of hydrogen-bond acceptors (Lipinski definition) is 4. The number of nitrogens with zero attached hydrogens (tertiary/aromatic N) is 1. The molecular weight excluding hydrogens is 288 g/mol. The van der Waals surface area contributed by atoms with Crippen molar-refractivity contribution in [2.24, 2.45) is 0 Å². The molecule has 5 nitrogen and oxygen atoms in total. The Morgan fingerprint density at radius 2 is 2.14 bits per heavy atom. The first-order chi connectivity index (χ1) is 10.1. The van der Waals surface area contributed by atoms with Crippen LogP contribution in [0.3, 0.4) is 0 Å². The molecule has 1 atom stereocenters. The van der Waals surface area contributed by atoms with Crippen molar-refractivity contribution in [3.63, 3.8) is 0 Å². The highest BCUT2D eigenvalue weighted by molar-refractivity contribution is 7.89. The number of hydrogen-bond donors (Lipinski definition) is 2. The van der Waals surface area contributed by atoms with E-state index in [1.165, 1.54) is 4.31 Å². The van der Waals surface area contributed by atoms with E-state index in [2.05, 4.69) is 5.32 Å². The highest BCUT2D eigenvalue weighted by Gasteiger charge is 2.32. The van der Waals surface area contributed by atoms with Crippen LogP contribution in [0.25, 0.3) is 0 Å². The van der Waals surface area contributed by atoms with Gasteiger partial charge in [0.05, 0.1) is 11.5 Å². The second kappa shape index (κ2) is 5.94. The molecule has 0 aromatic heterocycles. The molecule has 2 heterocycles. The van der Waals surface area contributed by atoms with Gasteiger partial charge in [0.1, 0.15) is 0 Å². The van der Waals surface area contributed by atoms with Gasteiger partial charge in [-0.25, -0.2) is 8.42 Å². The third-order valence-electron chi connectivity index (χ3n) is 4.43. The fourth-order valence-corrected chi connectivity index (χ4v) is 4.96. The van der Waals surface area contributed by atoms with Gasteiger partial charge in [-0.3, -0.25) is 0 Å².